The van der Waals surface area contributed by atoms with Gasteiger partial charge in [-0.2, -0.15) is 0 Å². The molecule has 0 unspecified atom stereocenters. The number of amides is 1. The van der Waals surface area contributed by atoms with Crippen LogP contribution in [-0.4, -0.2) is 33.7 Å². The molecule has 0 radical (unpaired) electrons. The highest BCUT2D eigenvalue weighted by molar-refractivity contribution is 5.99. The molecule has 0 saturated heterocycles. The number of nitrogens with zero attached hydrogens (tertiary/aromatic N) is 1. The van der Waals surface area contributed by atoms with Gasteiger partial charge in [-0.05, 0) is 12.5 Å². The van der Waals surface area contributed by atoms with Crippen molar-refractivity contribution in [2.45, 2.75) is 32.9 Å². The maximum absolute atomic E-state index is 12.4. The Bertz CT molecular complexity index is 753. The fraction of sp³-hybridized carbons (Fsp3) is 0.250. The SMILES string of the molecule is CC(=O)N(Cc1ccccc1)[C@@H](CC(=O)c1ccc(C)cc1)C(=O)O. The second-order valence-electron chi connectivity index (χ2n) is 5.98. The number of carbonyl (C=O) groups excluding carboxylic acids is 2. The van der Waals surface area contributed by atoms with E-state index in [4.69, 9.17) is 0 Å². The van der Waals surface area contributed by atoms with Crippen LogP contribution in [0.2, 0.25) is 0 Å². The number of aliphatic carboxylic acids is 1. The number of rotatable bonds is 7. The van der Waals surface area contributed by atoms with E-state index in [9.17, 15) is 19.5 Å². The van der Waals surface area contributed by atoms with Gasteiger partial charge in [0.1, 0.15) is 6.04 Å². The third-order valence-corrected chi connectivity index (χ3v) is 4.01. The minimum absolute atomic E-state index is 0.147. The molecule has 0 aromatic heterocycles. The molecule has 5 heteroatoms. The van der Waals surface area contributed by atoms with Crippen LogP contribution in [0.4, 0.5) is 0 Å². The van der Waals surface area contributed by atoms with Crippen molar-refractivity contribution in [2.75, 3.05) is 0 Å². The lowest BCUT2D eigenvalue weighted by molar-refractivity contribution is -0.149. The predicted molar refractivity (Wildman–Crippen MR) is 94.2 cm³/mol. The highest BCUT2D eigenvalue weighted by atomic mass is 16.4. The van der Waals surface area contributed by atoms with Crippen molar-refractivity contribution in [3.8, 4) is 0 Å². The van der Waals surface area contributed by atoms with Gasteiger partial charge in [-0.1, -0.05) is 60.2 Å². The van der Waals surface area contributed by atoms with Gasteiger partial charge >= 0.3 is 5.97 Å². The third kappa shape index (κ3) is 5.01. The summed E-state index contributed by atoms with van der Waals surface area (Å²) in [5.74, 6) is -1.87. The van der Waals surface area contributed by atoms with Crippen molar-refractivity contribution in [2.24, 2.45) is 0 Å². The number of ketones is 1. The summed E-state index contributed by atoms with van der Waals surface area (Å²) in [5, 5.41) is 9.56. The number of aryl methyl sites for hydroxylation is 1. The summed E-state index contributed by atoms with van der Waals surface area (Å²) in [4.78, 5) is 37.4. The number of Topliss-reactive ketones (excluding diaryl/α,β-unsaturated/α-hetero) is 1. The quantitative estimate of drug-likeness (QED) is 0.787. The predicted octanol–water partition coefficient (Wildman–Crippen LogP) is 3.07. The molecule has 1 atom stereocenters. The second-order valence-corrected chi connectivity index (χ2v) is 5.98. The van der Waals surface area contributed by atoms with Crippen molar-refractivity contribution in [1.82, 2.24) is 4.90 Å². The molecule has 0 saturated carbocycles. The van der Waals surface area contributed by atoms with Gasteiger partial charge in [-0.25, -0.2) is 4.79 Å². The Hall–Kier alpha value is -2.95. The van der Waals surface area contributed by atoms with Crippen LogP contribution in [0.15, 0.2) is 54.6 Å². The Labute approximate surface area is 146 Å². The van der Waals surface area contributed by atoms with Crippen molar-refractivity contribution in [3.63, 3.8) is 0 Å². The monoisotopic (exact) mass is 339 g/mol. The van der Waals surface area contributed by atoms with E-state index in [0.717, 1.165) is 11.1 Å². The fourth-order valence-corrected chi connectivity index (χ4v) is 2.58. The van der Waals surface area contributed by atoms with Gasteiger partial charge in [0.05, 0.1) is 0 Å². The zero-order chi connectivity index (χ0) is 18.4. The van der Waals surface area contributed by atoms with E-state index in [0.29, 0.717) is 5.56 Å². The average Bonchev–Trinajstić information content (AvgIpc) is 2.59. The van der Waals surface area contributed by atoms with Gasteiger partial charge in [0, 0.05) is 25.5 Å². The maximum atomic E-state index is 12.4. The molecule has 130 valence electrons. The van der Waals surface area contributed by atoms with Crippen LogP contribution in [0.5, 0.6) is 0 Å². The largest absolute Gasteiger partial charge is 0.480 e. The van der Waals surface area contributed by atoms with Crippen LogP contribution in [0.25, 0.3) is 0 Å². The van der Waals surface area contributed by atoms with Gasteiger partial charge in [0.25, 0.3) is 0 Å². The normalized spacial score (nSPS) is 11.6. The van der Waals surface area contributed by atoms with Crippen molar-refractivity contribution >= 4 is 17.7 Å². The van der Waals surface area contributed by atoms with Gasteiger partial charge in [-0.15, -0.1) is 0 Å². The smallest absolute Gasteiger partial charge is 0.326 e. The molecule has 1 N–H and O–H groups in total. The number of hydrogen-bond acceptors (Lipinski definition) is 3. The maximum Gasteiger partial charge on any atom is 0.326 e. The van der Waals surface area contributed by atoms with E-state index in [1.54, 1.807) is 24.3 Å². The molecule has 0 spiro atoms. The molecule has 0 fully saturated rings. The van der Waals surface area contributed by atoms with Gasteiger partial charge < -0.3 is 10.0 Å². The average molecular weight is 339 g/mol. The van der Waals surface area contributed by atoms with Gasteiger partial charge in [-0.3, -0.25) is 9.59 Å². The molecule has 1 amide bonds. The first-order valence-electron chi connectivity index (χ1n) is 8.02. The Morgan fingerprint density at radius 3 is 2.12 bits per heavy atom. The topological polar surface area (TPSA) is 74.7 Å². The summed E-state index contributed by atoms with van der Waals surface area (Å²) in [6, 6.07) is 14.9. The highest BCUT2D eigenvalue weighted by Gasteiger charge is 2.30. The lowest BCUT2D eigenvalue weighted by atomic mass is 10.0. The highest BCUT2D eigenvalue weighted by Crippen LogP contribution is 2.15. The molecular weight excluding hydrogens is 318 g/mol. The molecule has 2 aromatic carbocycles. The van der Waals surface area contributed by atoms with E-state index in [2.05, 4.69) is 0 Å². The number of benzene rings is 2. The van der Waals surface area contributed by atoms with Crippen LogP contribution in [0.3, 0.4) is 0 Å². The number of hydrogen-bond donors (Lipinski definition) is 1. The van der Waals surface area contributed by atoms with Crippen molar-refractivity contribution < 1.29 is 19.5 Å². The summed E-state index contributed by atoms with van der Waals surface area (Å²) in [6.45, 7) is 3.37. The molecule has 25 heavy (non-hydrogen) atoms. The Kier molecular flexibility index (Phi) is 6.06. The summed E-state index contributed by atoms with van der Waals surface area (Å²) < 4.78 is 0. The molecule has 2 rings (SSSR count). The van der Waals surface area contributed by atoms with Crippen molar-refractivity contribution in [1.29, 1.82) is 0 Å². The minimum atomic E-state index is -1.20. The molecule has 0 aliphatic carbocycles. The molecule has 2 aromatic rings. The summed E-state index contributed by atoms with van der Waals surface area (Å²) in [5.41, 5.74) is 2.27. The zero-order valence-electron chi connectivity index (χ0n) is 14.3. The van der Waals surface area contributed by atoms with Crippen LogP contribution < -0.4 is 0 Å². The van der Waals surface area contributed by atoms with E-state index >= 15 is 0 Å². The first kappa shape index (κ1) is 18.4. The first-order chi connectivity index (χ1) is 11.9. The number of carboxylic acid groups (broad SMARTS) is 1. The Balaban J connectivity index is 2.21. The molecule has 0 aliphatic rings. The number of carbonyl (C=O) groups is 3. The Morgan fingerprint density at radius 1 is 1.00 bits per heavy atom. The Morgan fingerprint density at radius 2 is 1.60 bits per heavy atom. The summed E-state index contributed by atoms with van der Waals surface area (Å²) in [6.07, 6.45) is -0.259. The molecule has 0 aliphatic heterocycles. The molecule has 5 nitrogen and oxygen atoms in total. The van der Waals surface area contributed by atoms with Crippen LogP contribution in [0.1, 0.15) is 34.8 Å². The van der Waals surface area contributed by atoms with E-state index in [1.165, 1.54) is 11.8 Å². The van der Waals surface area contributed by atoms with Crippen molar-refractivity contribution in [3.05, 3.63) is 71.3 Å². The van der Waals surface area contributed by atoms with Crippen LogP contribution in [-0.2, 0) is 16.1 Å². The van der Waals surface area contributed by atoms with Crippen LogP contribution in [0, 0.1) is 6.92 Å². The lowest BCUT2D eigenvalue weighted by Crippen LogP contribution is -2.44. The van der Waals surface area contributed by atoms with Crippen LogP contribution >= 0.6 is 0 Å². The van der Waals surface area contributed by atoms with E-state index < -0.39 is 12.0 Å². The molecule has 0 bridgehead atoms. The number of carboxylic acids is 1. The first-order valence-corrected chi connectivity index (χ1v) is 8.02. The standard InChI is InChI=1S/C20H21NO4/c1-14-8-10-17(11-9-14)19(23)12-18(20(24)25)21(15(2)22)13-16-6-4-3-5-7-16/h3-11,18H,12-13H2,1-2H3,(H,24,25)/t18-/m0/s1. The minimum Gasteiger partial charge on any atom is -0.480 e. The summed E-state index contributed by atoms with van der Waals surface area (Å²) >= 11 is 0. The van der Waals surface area contributed by atoms with E-state index in [-0.39, 0.29) is 24.7 Å². The molecule has 0 heterocycles. The van der Waals surface area contributed by atoms with Gasteiger partial charge in [0.15, 0.2) is 5.78 Å². The lowest BCUT2D eigenvalue weighted by Gasteiger charge is -2.27. The molecular formula is C20H21NO4. The van der Waals surface area contributed by atoms with Gasteiger partial charge in [0.2, 0.25) is 5.91 Å². The zero-order valence-corrected chi connectivity index (χ0v) is 14.3. The second kappa shape index (κ2) is 8.24. The summed E-state index contributed by atoms with van der Waals surface area (Å²) in [7, 11) is 0. The third-order valence-electron chi connectivity index (χ3n) is 4.01. The fourth-order valence-electron chi connectivity index (χ4n) is 2.58. The van der Waals surface area contributed by atoms with E-state index in [1.807, 2.05) is 37.3 Å².